The first kappa shape index (κ1) is 24.5. The van der Waals surface area contributed by atoms with Gasteiger partial charge >= 0.3 is 0 Å². The zero-order chi connectivity index (χ0) is 23.6. The van der Waals surface area contributed by atoms with Gasteiger partial charge in [-0.1, -0.05) is 30.0 Å². The molecule has 0 amide bonds. The van der Waals surface area contributed by atoms with Crippen molar-refractivity contribution in [1.82, 2.24) is 9.55 Å². The zero-order valence-electron chi connectivity index (χ0n) is 19.5. The Hall–Kier alpha value is -3.11. The van der Waals surface area contributed by atoms with Crippen molar-refractivity contribution in [3.8, 4) is 28.7 Å². The second kappa shape index (κ2) is 12.2. The maximum absolute atomic E-state index is 9.01. The number of aromatic nitrogens is 2. The molecule has 3 aromatic rings. The van der Waals surface area contributed by atoms with Crippen molar-refractivity contribution in [1.29, 1.82) is 0 Å². The van der Waals surface area contributed by atoms with Crippen LogP contribution in [-0.2, 0) is 11.8 Å². The fraction of sp³-hybridized carbons (Fsp3) is 0.370. The van der Waals surface area contributed by atoms with Crippen LogP contribution in [0.25, 0.3) is 11.1 Å². The van der Waals surface area contributed by atoms with E-state index in [0.717, 1.165) is 29.9 Å². The van der Waals surface area contributed by atoms with Crippen molar-refractivity contribution >= 4 is 0 Å². The Morgan fingerprint density at radius 3 is 2.58 bits per heavy atom. The third kappa shape index (κ3) is 7.19. The number of aliphatic hydroxyl groups is 2. The molecule has 0 saturated carbocycles. The predicted octanol–water partition coefficient (Wildman–Crippen LogP) is 4.04. The third-order valence-electron chi connectivity index (χ3n) is 5.29. The van der Waals surface area contributed by atoms with Crippen LogP contribution in [0, 0.1) is 18.8 Å². The van der Waals surface area contributed by atoms with Crippen LogP contribution in [0.2, 0.25) is 0 Å². The lowest BCUT2D eigenvalue weighted by atomic mass is 9.99. The van der Waals surface area contributed by atoms with Crippen molar-refractivity contribution in [3.63, 3.8) is 0 Å². The van der Waals surface area contributed by atoms with Crippen molar-refractivity contribution in [2.75, 3.05) is 19.8 Å². The molecule has 33 heavy (non-hydrogen) atoms. The number of aryl methyl sites for hydroxylation is 2. The molecule has 2 heterocycles. The summed E-state index contributed by atoms with van der Waals surface area (Å²) < 4.78 is 13.1. The van der Waals surface area contributed by atoms with Crippen LogP contribution in [0.3, 0.4) is 0 Å². The fourth-order valence-corrected chi connectivity index (χ4v) is 3.56. The molecule has 6 nitrogen and oxygen atoms in total. The minimum Gasteiger partial charge on any atom is -0.488 e. The smallest absolute Gasteiger partial charge is 0.137 e. The van der Waals surface area contributed by atoms with Gasteiger partial charge < -0.3 is 24.3 Å². The Kier molecular flexibility index (Phi) is 9.08. The molecule has 2 atom stereocenters. The summed E-state index contributed by atoms with van der Waals surface area (Å²) in [6.07, 6.45) is 4.65. The topological polar surface area (TPSA) is 76.7 Å². The van der Waals surface area contributed by atoms with Gasteiger partial charge in [-0.25, -0.2) is 4.98 Å². The molecule has 1 aromatic heterocycles. The maximum Gasteiger partial charge on any atom is 0.137 e. The molecule has 1 aliphatic rings. The average molecular weight is 449 g/mol. The zero-order valence-corrected chi connectivity index (χ0v) is 19.5. The summed E-state index contributed by atoms with van der Waals surface area (Å²) in [7, 11) is 1.86. The number of ether oxygens (including phenoxy) is 2. The van der Waals surface area contributed by atoms with E-state index < -0.39 is 6.10 Å². The number of rotatable bonds is 5. The molecule has 174 valence electrons. The summed E-state index contributed by atoms with van der Waals surface area (Å²) in [4.78, 5) is 3.93. The van der Waals surface area contributed by atoms with E-state index in [1.165, 1.54) is 11.1 Å². The van der Waals surface area contributed by atoms with Crippen molar-refractivity contribution in [2.24, 2.45) is 7.05 Å². The molecular weight excluding hydrogens is 416 g/mol. The lowest BCUT2D eigenvalue weighted by Gasteiger charge is -2.14. The quantitative estimate of drug-likeness (QED) is 0.576. The summed E-state index contributed by atoms with van der Waals surface area (Å²) in [5, 5.41) is 17.8. The molecule has 6 heteroatoms. The predicted molar refractivity (Wildman–Crippen MR) is 129 cm³/mol. The summed E-state index contributed by atoms with van der Waals surface area (Å²) in [5.74, 6) is 7.59. The Bertz CT molecular complexity index is 1070. The van der Waals surface area contributed by atoms with Crippen molar-refractivity contribution in [2.45, 2.75) is 38.9 Å². The van der Waals surface area contributed by atoms with E-state index in [1.54, 1.807) is 17.7 Å². The third-order valence-corrected chi connectivity index (χ3v) is 5.29. The van der Waals surface area contributed by atoms with Gasteiger partial charge in [-0.2, -0.15) is 0 Å². The summed E-state index contributed by atoms with van der Waals surface area (Å²) in [5.41, 5.74) is 4.51. The minimum atomic E-state index is -0.468. The van der Waals surface area contributed by atoms with Gasteiger partial charge in [0.2, 0.25) is 0 Å². The number of hydrogen-bond acceptors (Lipinski definition) is 5. The number of nitrogens with zero attached hydrogens (tertiary/aromatic N) is 2. The summed E-state index contributed by atoms with van der Waals surface area (Å²) >= 11 is 0. The van der Waals surface area contributed by atoms with E-state index in [-0.39, 0.29) is 12.7 Å². The standard InChI is InChI=1S/C21H22O3.C6H10N2O/c1-16-14-19(24-20-11-13-23-15-20)9-10-21(16)18-7-5-17(6-8-18)4-2-3-12-22;1-5(9)6-7-3-4-8(6)2/h5-10,14,20,22H,3,11-13,15H2,1H3;3-5,9H,1-2H3. The summed E-state index contributed by atoms with van der Waals surface area (Å²) in [6.45, 7) is 5.37. The molecule has 0 spiro atoms. The molecule has 2 aromatic carbocycles. The molecule has 1 aliphatic heterocycles. The SMILES string of the molecule is CC(O)c1nccn1C.Cc1cc(OC2CCOC2)ccc1-c1ccc(C#CCCO)cc1. The van der Waals surface area contributed by atoms with Gasteiger partial charge in [-0.15, -0.1) is 0 Å². The van der Waals surface area contributed by atoms with E-state index in [9.17, 15) is 0 Å². The Balaban J connectivity index is 0.000000286. The highest BCUT2D eigenvalue weighted by Crippen LogP contribution is 2.28. The molecular formula is C27H32N2O4. The summed E-state index contributed by atoms with van der Waals surface area (Å²) in [6, 6.07) is 14.4. The maximum atomic E-state index is 9.01. The number of benzene rings is 2. The van der Waals surface area contributed by atoms with Gasteiger partial charge in [0.05, 0.1) is 19.8 Å². The second-order valence-electron chi connectivity index (χ2n) is 8.01. The van der Waals surface area contributed by atoms with Gasteiger partial charge in [0.25, 0.3) is 0 Å². The van der Waals surface area contributed by atoms with E-state index in [0.29, 0.717) is 18.9 Å². The highest BCUT2D eigenvalue weighted by Gasteiger charge is 2.17. The highest BCUT2D eigenvalue weighted by molar-refractivity contribution is 5.68. The van der Waals surface area contributed by atoms with Crippen molar-refractivity contribution in [3.05, 3.63) is 71.8 Å². The average Bonchev–Trinajstić information content (AvgIpc) is 3.47. The molecule has 2 N–H and O–H groups in total. The molecule has 2 unspecified atom stereocenters. The van der Waals surface area contributed by atoms with Gasteiger partial charge in [-0.05, 0) is 54.8 Å². The van der Waals surface area contributed by atoms with Gasteiger partial charge in [-0.3, -0.25) is 0 Å². The number of imidazole rings is 1. The lowest BCUT2D eigenvalue weighted by molar-refractivity contribution is 0.141. The first-order valence-corrected chi connectivity index (χ1v) is 11.2. The molecule has 0 bridgehead atoms. The highest BCUT2D eigenvalue weighted by atomic mass is 16.5. The largest absolute Gasteiger partial charge is 0.488 e. The molecule has 4 rings (SSSR count). The molecule has 1 fully saturated rings. The number of hydrogen-bond donors (Lipinski definition) is 2. The van der Waals surface area contributed by atoms with E-state index in [4.69, 9.17) is 19.7 Å². The van der Waals surface area contributed by atoms with Crippen LogP contribution in [0.1, 0.15) is 42.8 Å². The normalized spacial score (nSPS) is 15.7. The second-order valence-corrected chi connectivity index (χ2v) is 8.01. The van der Waals surface area contributed by atoms with Crippen LogP contribution in [0.15, 0.2) is 54.9 Å². The fourth-order valence-electron chi connectivity index (χ4n) is 3.56. The van der Waals surface area contributed by atoms with Gasteiger partial charge in [0, 0.05) is 37.8 Å². The van der Waals surface area contributed by atoms with Crippen LogP contribution >= 0.6 is 0 Å². The van der Waals surface area contributed by atoms with E-state index >= 15 is 0 Å². The lowest BCUT2D eigenvalue weighted by Crippen LogP contribution is -2.15. The molecule has 1 saturated heterocycles. The van der Waals surface area contributed by atoms with Crippen LogP contribution in [0.4, 0.5) is 0 Å². The first-order valence-electron chi connectivity index (χ1n) is 11.2. The monoisotopic (exact) mass is 448 g/mol. The van der Waals surface area contributed by atoms with E-state index in [1.807, 2.05) is 31.4 Å². The van der Waals surface area contributed by atoms with Crippen LogP contribution < -0.4 is 4.74 Å². The Labute approximate surface area is 195 Å². The Morgan fingerprint density at radius 2 is 2.03 bits per heavy atom. The van der Waals surface area contributed by atoms with Gasteiger partial charge in [0.1, 0.15) is 23.8 Å². The Morgan fingerprint density at radius 1 is 1.24 bits per heavy atom. The van der Waals surface area contributed by atoms with Gasteiger partial charge in [0.15, 0.2) is 0 Å². The molecule has 0 aliphatic carbocycles. The first-order chi connectivity index (χ1) is 16.0. The minimum absolute atomic E-state index is 0.103. The van der Waals surface area contributed by atoms with Crippen molar-refractivity contribution < 1.29 is 19.7 Å². The number of aliphatic hydroxyl groups excluding tert-OH is 2. The van der Waals surface area contributed by atoms with Crippen LogP contribution in [-0.4, -0.2) is 45.7 Å². The van der Waals surface area contributed by atoms with E-state index in [2.05, 4.69) is 48.0 Å². The van der Waals surface area contributed by atoms with Crippen LogP contribution in [0.5, 0.6) is 5.75 Å². The molecule has 0 radical (unpaired) electrons.